The summed E-state index contributed by atoms with van der Waals surface area (Å²) < 4.78 is 9.86. The van der Waals surface area contributed by atoms with Crippen LogP contribution in [0.25, 0.3) is 11.4 Å². The highest BCUT2D eigenvalue weighted by Crippen LogP contribution is 2.19. The van der Waals surface area contributed by atoms with Crippen molar-refractivity contribution in [3.8, 4) is 11.4 Å². The van der Waals surface area contributed by atoms with E-state index in [1.54, 1.807) is 0 Å². The van der Waals surface area contributed by atoms with Gasteiger partial charge in [0.2, 0.25) is 0 Å². The summed E-state index contributed by atoms with van der Waals surface area (Å²) in [5, 5.41) is 4.59. The molecule has 0 aliphatic rings. The number of hydrogen-bond donors (Lipinski definition) is 0. The zero-order valence-corrected chi connectivity index (χ0v) is 14.4. The van der Waals surface area contributed by atoms with E-state index in [0.29, 0.717) is 6.61 Å². The first kappa shape index (κ1) is 16.5. The topological polar surface area (TPSA) is 44.9 Å². The van der Waals surface area contributed by atoms with Crippen LogP contribution in [0.5, 0.6) is 0 Å². The lowest BCUT2D eigenvalue weighted by Crippen LogP contribution is -2.06. The van der Waals surface area contributed by atoms with Gasteiger partial charge in [-0.1, -0.05) is 30.3 Å². The minimum atomic E-state index is 0.659. The monoisotopic (exact) mass is 324 g/mol. The van der Waals surface area contributed by atoms with Crippen LogP contribution in [-0.4, -0.2) is 25.9 Å². The summed E-state index contributed by atoms with van der Waals surface area (Å²) in [6.45, 7) is 7.26. The van der Waals surface area contributed by atoms with Crippen molar-refractivity contribution >= 4 is 0 Å². The molecule has 0 saturated heterocycles. The molecular weight excluding hydrogens is 300 g/mol. The van der Waals surface area contributed by atoms with Gasteiger partial charge in [-0.15, -0.1) is 0 Å². The van der Waals surface area contributed by atoms with Crippen LogP contribution < -0.4 is 0 Å². The highest BCUT2D eigenvalue weighted by Gasteiger charge is 2.10. The molecule has 0 aliphatic heterocycles. The van der Waals surface area contributed by atoms with Crippen LogP contribution in [0.3, 0.4) is 0 Å². The van der Waals surface area contributed by atoms with Crippen molar-refractivity contribution in [2.24, 2.45) is 0 Å². The molecule has 0 radical (unpaired) electrons. The molecular formula is C19H24N4O. The van der Waals surface area contributed by atoms with Gasteiger partial charge < -0.3 is 9.30 Å². The second kappa shape index (κ2) is 7.93. The Bertz CT molecular complexity index is 761. The van der Waals surface area contributed by atoms with Crippen molar-refractivity contribution in [3.05, 3.63) is 60.2 Å². The molecule has 24 heavy (non-hydrogen) atoms. The normalized spacial score (nSPS) is 11.1. The molecule has 0 saturated carbocycles. The van der Waals surface area contributed by atoms with Crippen molar-refractivity contribution in [1.82, 2.24) is 19.3 Å². The van der Waals surface area contributed by atoms with E-state index in [2.05, 4.69) is 46.0 Å². The van der Waals surface area contributed by atoms with Crippen LogP contribution in [0.15, 0.2) is 48.9 Å². The van der Waals surface area contributed by atoms with Crippen molar-refractivity contribution in [2.45, 2.75) is 40.0 Å². The predicted octanol–water partition coefficient (Wildman–Crippen LogP) is 3.68. The summed E-state index contributed by atoms with van der Waals surface area (Å²) >= 11 is 0. The van der Waals surface area contributed by atoms with Gasteiger partial charge in [0.05, 0.1) is 24.3 Å². The summed E-state index contributed by atoms with van der Waals surface area (Å²) in [4.78, 5) is 4.49. The third-order valence-corrected chi connectivity index (χ3v) is 3.93. The third kappa shape index (κ3) is 4.11. The van der Waals surface area contributed by atoms with Crippen molar-refractivity contribution < 1.29 is 4.74 Å². The second-order valence-electron chi connectivity index (χ2n) is 5.88. The lowest BCUT2D eigenvalue weighted by molar-refractivity contribution is 0.115. The van der Waals surface area contributed by atoms with Crippen LogP contribution in [-0.2, 0) is 24.4 Å². The first-order chi connectivity index (χ1) is 11.8. The van der Waals surface area contributed by atoms with Gasteiger partial charge in [-0.05, 0) is 31.9 Å². The molecule has 1 aromatic carbocycles. The molecule has 5 nitrogen and oxygen atoms in total. The van der Waals surface area contributed by atoms with Crippen LogP contribution in [0.1, 0.15) is 24.6 Å². The lowest BCUT2D eigenvalue weighted by Gasteiger charge is -2.07. The van der Waals surface area contributed by atoms with Gasteiger partial charge in [-0.25, -0.2) is 4.98 Å². The van der Waals surface area contributed by atoms with Crippen molar-refractivity contribution in [1.29, 1.82) is 0 Å². The van der Waals surface area contributed by atoms with Gasteiger partial charge in [0, 0.05) is 25.9 Å². The zero-order chi connectivity index (χ0) is 16.8. The summed E-state index contributed by atoms with van der Waals surface area (Å²) in [7, 11) is 0. The smallest absolute Gasteiger partial charge is 0.106 e. The fourth-order valence-electron chi connectivity index (χ4n) is 2.67. The highest BCUT2D eigenvalue weighted by atomic mass is 16.5. The fraction of sp³-hybridized carbons (Fsp3) is 0.368. The minimum Gasteiger partial charge on any atom is -0.377 e. The van der Waals surface area contributed by atoms with Gasteiger partial charge in [-0.3, -0.25) is 4.68 Å². The Hall–Kier alpha value is -2.40. The van der Waals surface area contributed by atoms with E-state index in [1.807, 2.05) is 36.1 Å². The largest absolute Gasteiger partial charge is 0.377 e. The molecule has 2 heterocycles. The Morgan fingerprint density at radius 3 is 2.75 bits per heavy atom. The second-order valence-corrected chi connectivity index (χ2v) is 5.88. The van der Waals surface area contributed by atoms with Crippen LogP contribution in [0.4, 0.5) is 0 Å². The minimum absolute atomic E-state index is 0.659. The van der Waals surface area contributed by atoms with Gasteiger partial charge in [0.1, 0.15) is 5.69 Å². The summed E-state index contributed by atoms with van der Waals surface area (Å²) in [6.07, 6.45) is 4.86. The number of rotatable bonds is 8. The van der Waals surface area contributed by atoms with Gasteiger partial charge in [-0.2, -0.15) is 5.10 Å². The molecule has 0 amide bonds. The van der Waals surface area contributed by atoms with E-state index in [4.69, 9.17) is 4.74 Å². The van der Waals surface area contributed by atoms with Gasteiger partial charge >= 0.3 is 0 Å². The summed E-state index contributed by atoms with van der Waals surface area (Å²) in [6, 6.07) is 12.3. The van der Waals surface area contributed by atoms with Crippen molar-refractivity contribution in [3.63, 3.8) is 0 Å². The third-order valence-electron chi connectivity index (χ3n) is 3.93. The molecule has 3 rings (SSSR count). The summed E-state index contributed by atoms with van der Waals surface area (Å²) in [5.74, 6) is 0. The standard InChI is InChI=1S/C19H24N4O/c1-3-22-13-18(20-15-22)19-12-16(2)21-23(19)10-7-11-24-14-17-8-5-4-6-9-17/h4-6,8-9,12-13,15H,3,7,10-11,14H2,1-2H3. The number of ether oxygens (including phenoxy) is 1. The number of aryl methyl sites for hydroxylation is 3. The highest BCUT2D eigenvalue weighted by molar-refractivity contribution is 5.54. The molecule has 0 fully saturated rings. The quantitative estimate of drug-likeness (QED) is 0.594. The molecule has 126 valence electrons. The maximum Gasteiger partial charge on any atom is 0.106 e. The Morgan fingerprint density at radius 2 is 2.00 bits per heavy atom. The predicted molar refractivity (Wildman–Crippen MR) is 94.6 cm³/mol. The van der Waals surface area contributed by atoms with Gasteiger partial charge in [0.15, 0.2) is 0 Å². The SMILES string of the molecule is CCn1cnc(-c2cc(C)nn2CCCOCc2ccccc2)c1. The molecule has 0 atom stereocenters. The molecule has 0 bridgehead atoms. The number of nitrogens with zero attached hydrogens (tertiary/aromatic N) is 4. The number of benzene rings is 1. The Morgan fingerprint density at radius 1 is 1.17 bits per heavy atom. The van der Waals surface area contributed by atoms with E-state index >= 15 is 0 Å². The van der Waals surface area contributed by atoms with E-state index in [-0.39, 0.29) is 0 Å². The first-order valence-electron chi connectivity index (χ1n) is 8.44. The lowest BCUT2D eigenvalue weighted by atomic mass is 10.2. The van der Waals surface area contributed by atoms with E-state index in [9.17, 15) is 0 Å². The number of aromatic nitrogens is 4. The molecule has 0 spiro atoms. The molecule has 2 aromatic heterocycles. The molecule has 5 heteroatoms. The first-order valence-corrected chi connectivity index (χ1v) is 8.44. The van der Waals surface area contributed by atoms with Crippen LogP contribution >= 0.6 is 0 Å². The van der Waals surface area contributed by atoms with E-state index < -0.39 is 0 Å². The fourth-order valence-corrected chi connectivity index (χ4v) is 2.67. The average Bonchev–Trinajstić information content (AvgIpc) is 3.21. The Kier molecular flexibility index (Phi) is 5.43. The van der Waals surface area contributed by atoms with Crippen molar-refractivity contribution in [2.75, 3.05) is 6.61 Å². The maximum absolute atomic E-state index is 5.75. The maximum atomic E-state index is 5.75. The van der Waals surface area contributed by atoms with Gasteiger partial charge in [0.25, 0.3) is 0 Å². The Balaban J connectivity index is 1.54. The zero-order valence-electron chi connectivity index (χ0n) is 14.4. The number of hydrogen-bond acceptors (Lipinski definition) is 3. The van der Waals surface area contributed by atoms with Crippen LogP contribution in [0, 0.1) is 6.92 Å². The molecule has 3 aromatic rings. The summed E-state index contributed by atoms with van der Waals surface area (Å²) in [5.41, 5.74) is 4.27. The molecule has 0 aliphatic carbocycles. The molecule has 0 N–H and O–H groups in total. The average molecular weight is 324 g/mol. The van der Waals surface area contributed by atoms with E-state index in [1.165, 1.54) is 5.56 Å². The Labute approximate surface area is 142 Å². The molecule has 0 unspecified atom stereocenters. The number of imidazole rings is 1. The van der Waals surface area contributed by atoms with Crippen LogP contribution in [0.2, 0.25) is 0 Å². The van der Waals surface area contributed by atoms with E-state index in [0.717, 1.165) is 43.2 Å².